The van der Waals surface area contributed by atoms with E-state index in [9.17, 15) is 4.21 Å². The summed E-state index contributed by atoms with van der Waals surface area (Å²) in [5.41, 5.74) is 2.35. The highest BCUT2D eigenvalue weighted by molar-refractivity contribution is 7.93. The van der Waals surface area contributed by atoms with E-state index in [0.29, 0.717) is 11.5 Å². The van der Waals surface area contributed by atoms with Crippen molar-refractivity contribution in [2.24, 2.45) is 11.4 Å². The van der Waals surface area contributed by atoms with Crippen molar-refractivity contribution in [1.29, 1.82) is 0 Å². The summed E-state index contributed by atoms with van der Waals surface area (Å²) in [7, 11) is 1.60. The Morgan fingerprint density at radius 1 is 1.24 bits per heavy atom. The number of aryl methyl sites for hydroxylation is 1. The van der Waals surface area contributed by atoms with E-state index in [1.165, 1.54) is 11.4 Å². The summed E-state index contributed by atoms with van der Waals surface area (Å²) in [5, 5.41) is 3.34. The molecule has 1 aliphatic heterocycles. The summed E-state index contributed by atoms with van der Waals surface area (Å²) in [6, 6.07) is 0. The molecular formula is C12H23N3OS. The molecule has 0 aromatic carbocycles. The highest BCUT2D eigenvalue weighted by atomic mass is 32.2. The summed E-state index contributed by atoms with van der Waals surface area (Å²) < 4.78 is 19.1. The van der Waals surface area contributed by atoms with Crippen LogP contribution >= 0.6 is 0 Å². The van der Waals surface area contributed by atoms with Crippen LogP contribution in [0.5, 0.6) is 0 Å². The molecule has 1 aromatic rings. The van der Waals surface area contributed by atoms with Gasteiger partial charge in [0.05, 0.1) is 11.4 Å². The van der Waals surface area contributed by atoms with E-state index < -0.39 is 9.73 Å². The van der Waals surface area contributed by atoms with Crippen LogP contribution in [-0.2, 0) is 27.6 Å². The van der Waals surface area contributed by atoms with Crippen molar-refractivity contribution in [2.75, 3.05) is 18.6 Å². The van der Waals surface area contributed by atoms with Crippen molar-refractivity contribution in [3.05, 3.63) is 11.4 Å². The Morgan fingerprint density at radius 2 is 1.76 bits per heavy atom. The summed E-state index contributed by atoms with van der Waals surface area (Å²) in [5.74, 6) is 1.28. The zero-order chi connectivity index (χ0) is 13.1. The number of nitrogens with zero attached hydrogens (tertiary/aromatic N) is 2. The minimum Gasteiger partial charge on any atom is -0.301 e. The molecule has 0 radical (unpaired) electrons. The van der Waals surface area contributed by atoms with Gasteiger partial charge >= 0.3 is 0 Å². The van der Waals surface area contributed by atoms with Gasteiger partial charge in [-0.2, -0.15) is 0 Å². The third-order valence-corrected chi connectivity index (χ3v) is 6.69. The first-order valence-electron chi connectivity index (χ1n) is 5.98. The van der Waals surface area contributed by atoms with Gasteiger partial charge in [-0.15, -0.1) is 0 Å². The molecule has 1 unspecified atom stereocenters. The average molecular weight is 257 g/mol. The summed E-state index contributed by atoms with van der Waals surface area (Å²) in [6.45, 7) is 8.61. The van der Waals surface area contributed by atoms with E-state index in [2.05, 4.69) is 41.8 Å². The molecule has 98 valence electrons. The zero-order valence-corrected chi connectivity index (χ0v) is 12.4. The minimum absolute atomic E-state index is 0.0836. The van der Waals surface area contributed by atoms with E-state index in [0.717, 1.165) is 0 Å². The number of rotatable bonds is 0. The van der Waals surface area contributed by atoms with Crippen molar-refractivity contribution in [1.82, 2.24) is 9.78 Å². The van der Waals surface area contributed by atoms with Gasteiger partial charge in [0.1, 0.15) is 0 Å². The van der Waals surface area contributed by atoms with Crippen molar-refractivity contribution in [2.45, 2.75) is 38.5 Å². The van der Waals surface area contributed by atoms with E-state index in [4.69, 9.17) is 0 Å². The standard InChI is InChI=1S/C12H23N3OS/c1-11(2)7-17(16,13-5)8-12(3,4)10-9(11)14-15(10)6/h14H,7-8H2,1-6H3. The molecule has 0 saturated carbocycles. The Hall–Kier alpha value is -0.710. The third-order valence-electron chi connectivity index (χ3n) is 3.68. The van der Waals surface area contributed by atoms with Gasteiger partial charge in [0.2, 0.25) is 0 Å². The van der Waals surface area contributed by atoms with Crippen molar-refractivity contribution >= 4 is 9.73 Å². The number of hydrogen-bond donors (Lipinski definition) is 1. The maximum atomic E-state index is 12.8. The Labute approximate surface area is 104 Å². The first kappa shape index (κ1) is 12.7. The molecule has 0 spiro atoms. The molecule has 4 nitrogen and oxygen atoms in total. The van der Waals surface area contributed by atoms with Crippen LogP contribution in [-0.4, -0.2) is 32.5 Å². The zero-order valence-electron chi connectivity index (χ0n) is 11.6. The van der Waals surface area contributed by atoms with Crippen LogP contribution in [0.25, 0.3) is 0 Å². The van der Waals surface area contributed by atoms with Crippen LogP contribution in [0.3, 0.4) is 0 Å². The van der Waals surface area contributed by atoms with Crippen molar-refractivity contribution in [3.8, 4) is 0 Å². The van der Waals surface area contributed by atoms with Crippen LogP contribution in [0, 0.1) is 0 Å². The lowest BCUT2D eigenvalue weighted by molar-refractivity contribution is 0.420. The van der Waals surface area contributed by atoms with Crippen LogP contribution in [0.4, 0.5) is 0 Å². The molecule has 0 amide bonds. The lowest BCUT2D eigenvalue weighted by Gasteiger charge is -2.35. The molecule has 1 atom stereocenters. The molecular weight excluding hydrogens is 234 g/mol. The second-order valence-corrected chi connectivity index (χ2v) is 8.89. The molecule has 0 saturated heterocycles. The highest BCUT2D eigenvalue weighted by Gasteiger charge is 2.44. The van der Waals surface area contributed by atoms with Crippen LogP contribution < -0.4 is 0 Å². The van der Waals surface area contributed by atoms with Gasteiger partial charge < -0.3 is 5.10 Å². The lowest BCUT2D eigenvalue weighted by Crippen LogP contribution is -2.36. The molecule has 1 aromatic heterocycles. The molecule has 0 aliphatic carbocycles. The summed E-state index contributed by atoms with van der Waals surface area (Å²) in [6.07, 6.45) is 0. The minimum atomic E-state index is -2.11. The number of fused-ring (bicyclic) bond motifs is 1. The summed E-state index contributed by atoms with van der Waals surface area (Å²) >= 11 is 0. The second-order valence-electron chi connectivity index (χ2n) is 6.41. The van der Waals surface area contributed by atoms with E-state index in [1.807, 2.05) is 7.05 Å². The fourth-order valence-electron chi connectivity index (χ4n) is 3.10. The first-order valence-corrected chi connectivity index (χ1v) is 7.83. The van der Waals surface area contributed by atoms with Gasteiger partial charge in [-0.1, -0.05) is 27.7 Å². The van der Waals surface area contributed by atoms with Gasteiger partial charge in [0, 0.05) is 46.2 Å². The first-order chi connectivity index (χ1) is 7.61. The maximum absolute atomic E-state index is 12.8. The molecule has 5 heteroatoms. The monoisotopic (exact) mass is 257 g/mol. The van der Waals surface area contributed by atoms with Crippen LogP contribution in [0.15, 0.2) is 4.36 Å². The molecule has 2 heterocycles. The molecule has 0 bridgehead atoms. The van der Waals surface area contributed by atoms with Gasteiger partial charge in [-0.3, -0.25) is 4.68 Å². The average Bonchev–Trinajstić information content (AvgIpc) is 2.14. The molecule has 1 N–H and O–H groups in total. The van der Waals surface area contributed by atoms with E-state index in [-0.39, 0.29) is 10.8 Å². The lowest BCUT2D eigenvalue weighted by atomic mass is 9.81. The van der Waals surface area contributed by atoms with E-state index >= 15 is 0 Å². The topological polar surface area (TPSA) is 50.1 Å². The Kier molecular flexibility index (Phi) is 2.55. The Bertz CT molecular complexity index is 554. The second kappa shape index (κ2) is 3.40. The van der Waals surface area contributed by atoms with E-state index in [1.54, 1.807) is 7.05 Å². The predicted molar refractivity (Wildman–Crippen MR) is 72.0 cm³/mol. The SMILES string of the molecule is CN=S1(=O)CC(C)(C)c2[nH]n(C)c2C(C)(C)C1. The molecule has 2 rings (SSSR count). The number of nitrogens with one attached hydrogen (secondary N) is 1. The third kappa shape index (κ3) is 1.84. The number of aromatic nitrogens is 2. The number of hydrogen-bond acceptors (Lipinski definition) is 2. The van der Waals surface area contributed by atoms with Crippen LogP contribution in [0.2, 0.25) is 0 Å². The number of aromatic amines is 1. The fourth-order valence-corrected chi connectivity index (χ4v) is 6.00. The van der Waals surface area contributed by atoms with Crippen LogP contribution in [0.1, 0.15) is 39.1 Å². The molecule has 0 fully saturated rings. The largest absolute Gasteiger partial charge is 0.301 e. The smallest absolute Gasteiger partial charge is 0.0621 e. The number of H-pyrrole nitrogens is 1. The van der Waals surface area contributed by atoms with Gasteiger partial charge in [0.15, 0.2) is 0 Å². The Morgan fingerprint density at radius 3 is 2.24 bits per heavy atom. The summed E-state index contributed by atoms with van der Waals surface area (Å²) in [4.78, 5) is 0. The van der Waals surface area contributed by atoms with Gasteiger partial charge in [-0.25, -0.2) is 8.57 Å². The molecule has 17 heavy (non-hydrogen) atoms. The van der Waals surface area contributed by atoms with Crippen molar-refractivity contribution in [3.63, 3.8) is 0 Å². The normalized spacial score (nSPS) is 30.7. The highest BCUT2D eigenvalue weighted by Crippen LogP contribution is 2.40. The van der Waals surface area contributed by atoms with Gasteiger partial charge in [0.25, 0.3) is 0 Å². The quantitative estimate of drug-likeness (QED) is 0.759. The predicted octanol–water partition coefficient (Wildman–Crippen LogP) is 2.02. The van der Waals surface area contributed by atoms with Crippen molar-refractivity contribution < 1.29 is 4.21 Å². The fraction of sp³-hybridized carbons (Fsp3) is 0.833. The molecule has 1 aliphatic rings. The Balaban J connectivity index is 2.65. The maximum Gasteiger partial charge on any atom is 0.0621 e. The van der Waals surface area contributed by atoms with Gasteiger partial charge in [-0.05, 0) is 0 Å².